The molecule has 0 saturated heterocycles. The predicted octanol–water partition coefficient (Wildman–Crippen LogP) is 0.939. The molecule has 0 unspecified atom stereocenters. The SMILES string of the molecule is C[C@](N)(Cc1ccccc1[N+](=O)[O-])C(=O)O. The Morgan fingerprint density at radius 3 is 2.62 bits per heavy atom. The number of hydrogen-bond donors (Lipinski definition) is 2. The summed E-state index contributed by atoms with van der Waals surface area (Å²) < 4.78 is 0. The van der Waals surface area contributed by atoms with Crippen molar-refractivity contribution in [2.24, 2.45) is 5.73 Å². The summed E-state index contributed by atoms with van der Waals surface area (Å²) in [5.41, 5.74) is 4.24. The van der Waals surface area contributed by atoms with Crippen LogP contribution in [0.3, 0.4) is 0 Å². The zero-order valence-corrected chi connectivity index (χ0v) is 8.71. The Morgan fingerprint density at radius 1 is 1.56 bits per heavy atom. The van der Waals surface area contributed by atoms with E-state index in [0.29, 0.717) is 5.56 Å². The van der Waals surface area contributed by atoms with Crippen LogP contribution in [0.25, 0.3) is 0 Å². The summed E-state index contributed by atoms with van der Waals surface area (Å²) in [7, 11) is 0. The Bertz CT molecular complexity index is 429. The Morgan fingerprint density at radius 2 is 2.12 bits per heavy atom. The molecular weight excluding hydrogens is 212 g/mol. The van der Waals surface area contributed by atoms with Crippen molar-refractivity contribution >= 4 is 11.7 Å². The highest BCUT2D eigenvalue weighted by molar-refractivity contribution is 5.78. The van der Waals surface area contributed by atoms with Gasteiger partial charge >= 0.3 is 5.97 Å². The van der Waals surface area contributed by atoms with E-state index in [1.807, 2.05) is 0 Å². The van der Waals surface area contributed by atoms with E-state index in [1.54, 1.807) is 6.07 Å². The van der Waals surface area contributed by atoms with Crippen LogP contribution in [0.5, 0.6) is 0 Å². The van der Waals surface area contributed by atoms with Crippen LogP contribution >= 0.6 is 0 Å². The molecular formula is C10H12N2O4. The number of carboxylic acid groups (broad SMARTS) is 1. The van der Waals surface area contributed by atoms with Crippen molar-refractivity contribution in [1.82, 2.24) is 0 Å². The van der Waals surface area contributed by atoms with Gasteiger partial charge in [0.15, 0.2) is 0 Å². The van der Waals surface area contributed by atoms with E-state index in [4.69, 9.17) is 10.8 Å². The number of aliphatic carboxylic acids is 1. The first-order valence-corrected chi connectivity index (χ1v) is 4.59. The highest BCUT2D eigenvalue weighted by Crippen LogP contribution is 2.21. The molecule has 0 aromatic heterocycles. The summed E-state index contributed by atoms with van der Waals surface area (Å²) in [6.07, 6.45) is -0.0838. The summed E-state index contributed by atoms with van der Waals surface area (Å²) in [5.74, 6) is -1.19. The zero-order chi connectivity index (χ0) is 12.3. The Labute approximate surface area is 91.8 Å². The second-order valence-electron chi connectivity index (χ2n) is 3.79. The number of carbonyl (C=O) groups is 1. The van der Waals surface area contributed by atoms with Gasteiger partial charge in [-0.2, -0.15) is 0 Å². The fourth-order valence-corrected chi connectivity index (χ4v) is 1.31. The molecule has 0 aliphatic heterocycles. The van der Waals surface area contributed by atoms with E-state index in [9.17, 15) is 14.9 Å². The van der Waals surface area contributed by atoms with Gasteiger partial charge in [0.1, 0.15) is 5.54 Å². The van der Waals surface area contributed by atoms with Gasteiger partial charge in [-0.25, -0.2) is 0 Å². The molecule has 1 rings (SSSR count). The Hall–Kier alpha value is -1.95. The second-order valence-corrected chi connectivity index (χ2v) is 3.79. The largest absolute Gasteiger partial charge is 0.480 e. The molecule has 0 radical (unpaired) electrons. The van der Waals surface area contributed by atoms with Crippen LogP contribution in [0.4, 0.5) is 5.69 Å². The molecule has 0 fully saturated rings. The number of nitrogens with two attached hydrogens (primary N) is 1. The fraction of sp³-hybridized carbons (Fsp3) is 0.300. The Kier molecular flexibility index (Phi) is 3.24. The number of nitrogens with zero attached hydrogens (tertiary/aromatic N) is 1. The number of benzene rings is 1. The summed E-state index contributed by atoms with van der Waals surface area (Å²) in [6.45, 7) is 1.33. The topological polar surface area (TPSA) is 106 Å². The van der Waals surface area contributed by atoms with Gasteiger partial charge in [-0.15, -0.1) is 0 Å². The summed E-state index contributed by atoms with van der Waals surface area (Å²) in [4.78, 5) is 21.0. The molecule has 1 atom stereocenters. The van der Waals surface area contributed by atoms with Crippen molar-refractivity contribution in [2.75, 3.05) is 0 Å². The van der Waals surface area contributed by atoms with Gasteiger partial charge in [-0.1, -0.05) is 18.2 Å². The van der Waals surface area contributed by atoms with Crippen LogP contribution < -0.4 is 5.73 Å². The lowest BCUT2D eigenvalue weighted by atomic mass is 9.93. The molecule has 0 aliphatic rings. The van der Waals surface area contributed by atoms with Gasteiger partial charge in [0.25, 0.3) is 5.69 Å². The third kappa shape index (κ3) is 2.54. The van der Waals surface area contributed by atoms with Crippen molar-refractivity contribution in [1.29, 1.82) is 0 Å². The number of nitro benzene ring substituents is 1. The van der Waals surface area contributed by atoms with Gasteiger partial charge in [0.05, 0.1) is 4.92 Å². The quantitative estimate of drug-likeness (QED) is 0.584. The smallest absolute Gasteiger partial charge is 0.323 e. The molecule has 1 aromatic carbocycles. The summed E-state index contributed by atoms with van der Waals surface area (Å²) in [6, 6.07) is 5.97. The van der Waals surface area contributed by atoms with E-state index in [-0.39, 0.29) is 12.1 Å². The molecule has 6 heteroatoms. The van der Waals surface area contributed by atoms with Gasteiger partial charge in [-0.05, 0) is 6.92 Å². The monoisotopic (exact) mass is 224 g/mol. The van der Waals surface area contributed by atoms with E-state index in [0.717, 1.165) is 0 Å². The minimum atomic E-state index is -1.51. The predicted molar refractivity (Wildman–Crippen MR) is 57.0 cm³/mol. The molecule has 1 aromatic rings. The number of para-hydroxylation sites is 1. The minimum Gasteiger partial charge on any atom is -0.480 e. The molecule has 6 nitrogen and oxygen atoms in total. The maximum Gasteiger partial charge on any atom is 0.323 e. The van der Waals surface area contributed by atoms with Gasteiger partial charge in [-0.3, -0.25) is 14.9 Å². The highest BCUT2D eigenvalue weighted by atomic mass is 16.6. The van der Waals surface area contributed by atoms with Crippen LogP contribution in [0.1, 0.15) is 12.5 Å². The standard InChI is InChI=1S/C10H12N2O4/c1-10(11,9(13)14)6-7-4-2-3-5-8(7)12(15)16/h2-5H,6,11H2,1H3,(H,13,14)/t10-/m0/s1. The highest BCUT2D eigenvalue weighted by Gasteiger charge is 2.30. The number of nitro groups is 1. The van der Waals surface area contributed by atoms with Crippen molar-refractivity contribution in [3.05, 3.63) is 39.9 Å². The van der Waals surface area contributed by atoms with Gasteiger partial charge in [0.2, 0.25) is 0 Å². The first kappa shape index (κ1) is 12.1. The maximum absolute atomic E-state index is 10.8. The van der Waals surface area contributed by atoms with Crippen molar-refractivity contribution in [3.8, 4) is 0 Å². The average molecular weight is 224 g/mol. The van der Waals surface area contributed by atoms with E-state index in [1.165, 1.54) is 25.1 Å². The fourth-order valence-electron chi connectivity index (χ4n) is 1.31. The molecule has 86 valence electrons. The average Bonchev–Trinajstić information content (AvgIpc) is 2.17. The van der Waals surface area contributed by atoms with E-state index < -0.39 is 16.4 Å². The zero-order valence-electron chi connectivity index (χ0n) is 8.71. The number of hydrogen-bond acceptors (Lipinski definition) is 4. The maximum atomic E-state index is 10.8. The molecule has 0 amide bonds. The lowest BCUT2D eigenvalue weighted by molar-refractivity contribution is -0.385. The molecule has 16 heavy (non-hydrogen) atoms. The normalized spacial score (nSPS) is 14.1. The van der Waals surface area contributed by atoms with Crippen LogP contribution in [0.2, 0.25) is 0 Å². The van der Waals surface area contributed by atoms with E-state index >= 15 is 0 Å². The van der Waals surface area contributed by atoms with Crippen LogP contribution in [-0.4, -0.2) is 21.5 Å². The van der Waals surface area contributed by atoms with Crippen LogP contribution in [0, 0.1) is 10.1 Å². The van der Waals surface area contributed by atoms with Crippen LogP contribution in [-0.2, 0) is 11.2 Å². The molecule has 0 saturated carbocycles. The molecule has 0 spiro atoms. The lowest BCUT2D eigenvalue weighted by Crippen LogP contribution is -2.46. The van der Waals surface area contributed by atoms with Crippen molar-refractivity contribution in [3.63, 3.8) is 0 Å². The van der Waals surface area contributed by atoms with Gasteiger partial charge in [0, 0.05) is 18.1 Å². The van der Waals surface area contributed by atoms with Crippen LogP contribution in [0.15, 0.2) is 24.3 Å². The van der Waals surface area contributed by atoms with Gasteiger partial charge < -0.3 is 10.8 Å². The molecule has 0 heterocycles. The number of carboxylic acids is 1. The second kappa shape index (κ2) is 4.28. The third-order valence-electron chi connectivity index (χ3n) is 2.23. The summed E-state index contributed by atoms with van der Waals surface area (Å²) in [5, 5.41) is 19.5. The first-order chi connectivity index (χ1) is 7.34. The molecule has 0 bridgehead atoms. The summed E-state index contributed by atoms with van der Waals surface area (Å²) >= 11 is 0. The number of rotatable bonds is 4. The van der Waals surface area contributed by atoms with E-state index in [2.05, 4.69) is 0 Å². The third-order valence-corrected chi connectivity index (χ3v) is 2.23. The minimum absolute atomic E-state index is 0.0838. The van der Waals surface area contributed by atoms with Crippen molar-refractivity contribution < 1.29 is 14.8 Å². The Balaban J connectivity index is 3.06. The van der Waals surface area contributed by atoms with Crippen molar-refractivity contribution in [2.45, 2.75) is 18.9 Å². The first-order valence-electron chi connectivity index (χ1n) is 4.59. The molecule has 0 aliphatic carbocycles. The molecule has 3 N–H and O–H groups in total. The lowest BCUT2D eigenvalue weighted by Gasteiger charge is -2.18.